The zero-order valence-electron chi connectivity index (χ0n) is 19.4. The van der Waals surface area contributed by atoms with Crippen molar-refractivity contribution < 1.29 is 9.72 Å². The first-order valence-electron chi connectivity index (χ1n) is 10.6. The number of carbonyl (C=O) groups excluding carboxylic acids is 1. The van der Waals surface area contributed by atoms with Gasteiger partial charge in [-0.15, -0.1) is 0 Å². The van der Waals surface area contributed by atoms with Gasteiger partial charge in [-0.3, -0.25) is 14.9 Å². The van der Waals surface area contributed by atoms with Gasteiger partial charge in [0.1, 0.15) is 0 Å². The minimum Gasteiger partial charge on any atom is -0.318 e. The normalized spacial score (nSPS) is 15.9. The molecule has 0 saturated carbocycles. The molecule has 9 heteroatoms. The molecule has 4 rings (SSSR count). The molecule has 0 bridgehead atoms. The minimum absolute atomic E-state index is 0.0630. The molecule has 2 aromatic carbocycles. The van der Waals surface area contributed by atoms with E-state index in [2.05, 4.69) is 26.2 Å². The summed E-state index contributed by atoms with van der Waals surface area (Å²) in [5, 5.41) is 14.5. The molecule has 1 aliphatic heterocycles. The van der Waals surface area contributed by atoms with Crippen molar-refractivity contribution in [2.75, 3.05) is 0 Å². The molecule has 1 fully saturated rings. The van der Waals surface area contributed by atoms with Crippen LogP contribution in [0.2, 0.25) is 0 Å². The predicted octanol–water partition coefficient (Wildman–Crippen LogP) is 6.58. The summed E-state index contributed by atoms with van der Waals surface area (Å²) >= 11 is 4.87. The van der Waals surface area contributed by atoms with E-state index in [4.69, 9.17) is 0 Å². The maximum atomic E-state index is 12.6. The zero-order chi connectivity index (χ0) is 24.7. The van der Waals surface area contributed by atoms with Gasteiger partial charge in [-0.05, 0) is 99.0 Å². The third-order valence-corrected chi connectivity index (χ3v) is 7.85. The number of nitro groups is 1. The number of non-ortho nitro benzene ring substituents is 1. The third kappa shape index (κ3) is 4.58. The van der Waals surface area contributed by atoms with Gasteiger partial charge < -0.3 is 9.88 Å². The van der Waals surface area contributed by atoms with Crippen LogP contribution in [0.25, 0.3) is 11.8 Å². The number of amidine groups is 1. The fourth-order valence-electron chi connectivity index (χ4n) is 4.04. The Kier molecular flexibility index (Phi) is 6.51. The molecule has 0 atom stereocenters. The quantitative estimate of drug-likeness (QED) is 0.230. The number of amides is 1. The highest BCUT2D eigenvalue weighted by Gasteiger charge is 2.25. The predicted molar refractivity (Wildman–Crippen MR) is 141 cm³/mol. The Bertz CT molecular complexity index is 1400. The number of halogens is 1. The summed E-state index contributed by atoms with van der Waals surface area (Å²) in [6.45, 7) is 9.82. The summed E-state index contributed by atoms with van der Waals surface area (Å²) in [6.07, 6.45) is 1.86. The summed E-state index contributed by atoms with van der Waals surface area (Å²) < 4.78 is 3.10. The van der Waals surface area contributed by atoms with E-state index in [0.717, 1.165) is 49.5 Å². The molecule has 3 aromatic rings. The second-order valence-electron chi connectivity index (χ2n) is 8.27. The van der Waals surface area contributed by atoms with E-state index in [1.54, 1.807) is 12.1 Å². The largest absolute Gasteiger partial charge is 0.318 e. The van der Waals surface area contributed by atoms with E-state index < -0.39 is 4.92 Å². The van der Waals surface area contributed by atoms with Crippen LogP contribution in [-0.4, -0.2) is 20.6 Å². The molecular weight excluding hydrogens is 516 g/mol. The van der Waals surface area contributed by atoms with Crippen molar-refractivity contribution in [3.05, 3.63) is 89.5 Å². The molecule has 1 saturated heterocycles. The van der Waals surface area contributed by atoms with Gasteiger partial charge in [-0.2, -0.15) is 0 Å². The molecule has 1 aliphatic rings. The van der Waals surface area contributed by atoms with Gasteiger partial charge in [0.25, 0.3) is 11.6 Å². The van der Waals surface area contributed by atoms with Gasteiger partial charge in [-0.25, -0.2) is 4.99 Å². The molecule has 0 aliphatic carbocycles. The van der Waals surface area contributed by atoms with Crippen molar-refractivity contribution in [3.63, 3.8) is 0 Å². The second kappa shape index (κ2) is 9.23. The minimum atomic E-state index is -0.395. The summed E-state index contributed by atoms with van der Waals surface area (Å²) in [7, 11) is 0. The third-order valence-electron chi connectivity index (χ3n) is 5.69. The monoisotopic (exact) mass is 538 g/mol. The van der Waals surface area contributed by atoms with Crippen LogP contribution in [0.3, 0.4) is 0 Å². The molecule has 0 radical (unpaired) electrons. The number of nitrogens with one attached hydrogen (secondary N) is 1. The van der Waals surface area contributed by atoms with Crippen molar-refractivity contribution in [2.45, 2.75) is 34.6 Å². The Labute approximate surface area is 210 Å². The molecule has 0 spiro atoms. The highest BCUT2D eigenvalue weighted by Crippen LogP contribution is 2.33. The SMILES string of the molecule is Cc1cc([N+](=O)[O-])ccc1-n1c(C)cc(/C=C2\SC(=Nc3cc(C)c(Br)c(C)c3)NC2=O)c1C. The molecule has 174 valence electrons. The van der Waals surface area contributed by atoms with Crippen LogP contribution in [0.4, 0.5) is 11.4 Å². The van der Waals surface area contributed by atoms with E-state index in [-0.39, 0.29) is 11.6 Å². The first kappa shape index (κ1) is 24.0. The standard InChI is InChI=1S/C25H23BrN4O3S/c1-13-10-20(30(32)33)6-7-21(13)29-16(4)11-18(17(29)5)12-22-24(31)28-25(34-22)27-19-8-14(2)23(26)15(3)9-19/h6-12H,1-5H3,(H,27,28,31)/b22-12-. The van der Waals surface area contributed by atoms with E-state index >= 15 is 0 Å². The molecule has 7 nitrogen and oxygen atoms in total. The lowest BCUT2D eigenvalue weighted by molar-refractivity contribution is -0.384. The maximum Gasteiger partial charge on any atom is 0.269 e. The van der Waals surface area contributed by atoms with Crippen LogP contribution in [0.5, 0.6) is 0 Å². The number of aliphatic imine (C=N–C) groups is 1. The summed E-state index contributed by atoms with van der Waals surface area (Å²) in [4.78, 5) is 28.5. The number of thioether (sulfide) groups is 1. The van der Waals surface area contributed by atoms with Crippen LogP contribution in [-0.2, 0) is 4.79 Å². The highest BCUT2D eigenvalue weighted by atomic mass is 79.9. The van der Waals surface area contributed by atoms with Crippen LogP contribution in [0.15, 0.2) is 50.8 Å². The Morgan fingerprint density at radius 2 is 1.74 bits per heavy atom. The van der Waals surface area contributed by atoms with Crippen molar-refractivity contribution >= 4 is 56.2 Å². The van der Waals surface area contributed by atoms with Crippen LogP contribution in [0, 0.1) is 44.7 Å². The first-order valence-corrected chi connectivity index (χ1v) is 12.2. The number of aryl methyl sites for hydroxylation is 4. The van der Waals surface area contributed by atoms with Crippen LogP contribution < -0.4 is 5.32 Å². The van der Waals surface area contributed by atoms with Crippen molar-refractivity contribution in [2.24, 2.45) is 4.99 Å². The van der Waals surface area contributed by atoms with Crippen molar-refractivity contribution in [1.82, 2.24) is 9.88 Å². The Morgan fingerprint density at radius 3 is 2.35 bits per heavy atom. The second-order valence-corrected chi connectivity index (χ2v) is 10.1. The fraction of sp³-hybridized carbons (Fsp3) is 0.200. The maximum absolute atomic E-state index is 12.6. The van der Waals surface area contributed by atoms with Crippen molar-refractivity contribution in [1.29, 1.82) is 0 Å². The first-order chi connectivity index (χ1) is 16.0. The summed E-state index contributed by atoms with van der Waals surface area (Å²) in [6, 6.07) is 10.8. The average Bonchev–Trinajstić information content (AvgIpc) is 3.24. The van der Waals surface area contributed by atoms with E-state index in [0.29, 0.717) is 10.1 Å². The molecular formula is C25H23BrN4O3S. The molecule has 1 N–H and O–H groups in total. The fourth-order valence-corrected chi connectivity index (χ4v) is 5.10. The number of benzene rings is 2. The van der Waals surface area contributed by atoms with Gasteiger partial charge in [0.15, 0.2) is 5.17 Å². The Hall–Kier alpha value is -3.17. The van der Waals surface area contributed by atoms with Gasteiger partial charge in [0.05, 0.1) is 15.5 Å². The van der Waals surface area contributed by atoms with Gasteiger partial charge in [0, 0.05) is 33.7 Å². The number of rotatable bonds is 4. The lowest BCUT2D eigenvalue weighted by Gasteiger charge is -2.12. The summed E-state index contributed by atoms with van der Waals surface area (Å²) in [5.41, 5.74) is 7.51. The van der Waals surface area contributed by atoms with Crippen LogP contribution in [0.1, 0.15) is 33.6 Å². The number of aromatic nitrogens is 1. The Morgan fingerprint density at radius 1 is 1.06 bits per heavy atom. The Balaban J connectivity index is 1.66. The van der Waals surface area contributed by atoms with E-state index in [1.807, 2.05) is 63.5 Å². The van der Waals surface area contributed by atoms with Gasteiger partial charge >= 0.3 is 0 Å². The molecule has 1 aromatic heterocycles. The van der Waals surface area contributed by atoms with E-state index in [1.165, 1.54) is 17.8 Å². The van der Waals surface area contributed by atoms with Gasteiger partial charge in [0.2, 0.25) is 0 Å². The smallest absolute Gasteiger partial charge is 0.269 e. The summed E-state index contributed by atoms with van der Waals surface area (Å²) in [5.74, 6) is -0.189. The number of nitro benzene ring substituents is 1. The zero-order valence-corrected chi connectivity index (χ0v) is 21.8. The molecule has 0 unspecified atom stereocenters. The number of hydrogen-bond acceptors (Lipinski definition) is 5. The molecule has 2 heterocycles. The van der Waals surface area contributed by atoms with Gasteiger partial charge in [-0.1, -0.05) is 15.9 Å². The topological polar surface area (TPSA) is 89.5 Å². The average molecular weight is 539 g/mol. The number of nitrogens with zero attached hydrogens (tertiary/aromatic N) is 3. The lowest BCUT2D eigenvalue weighted by Crippen LogP contribution is -2.19. The number of carbonyl (C=O) groups is 1. The lowest BCUT2D eigenvalue weighted by atomic mass is 10.1. The number of hydrogen-bond donors (Lipinski definition) is 1. The van der Waals surface area contributed by atoms with Crippen molar-refractivity contribution in [3.8, 4) is 5.69 Å². The van der Waals surface area contributed by atoms with Crippen LogP contribution >= 0.6 is 27.7 Å². The molecule has 34 heavy (non-hydrogen) atoms. The highest BCUT2D eigenvalue weighted by molar-refractivity contribution is 9.10. The van der Waals surface area contributed by atoms with E-state index in [9.17, 15) is 14.9 Å². The molecule has 1 amide bonds.